The Balaban J connectivity index is 2.57. The van der Waals surface area contributed by atoms with Gasteiger partial charge in [0.05, 0.1) is 6.42 Å². The van der Waals surface area contributed by atoms with Crippen molar-refractivity contribution in [2.24, 2.45) is 5.92 Å². The second-order valence-electron chi connectivity index (χ2n) is 5.49. The van der Waals surface area contributed by atoms with Gasteiger partial charge in [-0.3, -0.25) is 4.79 Å². The minimum absolute atomic E-state index is 0.0544. The molecule has 1 aromatic carbocycles. The van der Waals surface area contributed by atoms with Gasteiger partial charge in [0.2, 0.25) is 0 Å². The van der Waals surface area contributed by atoms with Gasteiger partial charge in [0, 0.05) is 11.7 Å². The highest BCUT2D eigenvalue weighted by Crippen LogP contribution is 2.12. The number of hydrogen-bond acceptors (Lipinski definition) is 2. The lowest BCUT2D eigenvalue weighted by Crippen LogP contribution is -2.42. The monoisotopic (exact) mass is 292 g/mol. The Morgan fingerprint density at radius 2 is 1.81 bits per heavy atom. The van der Waals surface area contributed by atoms with Crippen LogP contribution < -0.4 is 10.6 Å². The van der Waals surface area contributed by atoms with Gasteiger partial charge in [-0.05, 0) is 30.0 Å². The molecule has 0 radical (unpaired) electrons. The van der Waals surface area contributed by atoms with Gasteiger partial charge in [-0.15, -0.1) is 0 Å². The van der Waals surface area contributed by atoms with E-state index in [0.29, 0.717) is 5.69 Å². The Kier molecular flexibility index (Phi) is 6.72. The van der Waals surface area contributed by atoms with Gasteiger partial charge in [-0.1, -0.05) is 39.3 Å². The summed E-state index contributed by atoms with van der Waals surface area (Å²) in [5, 5.41) is 14.3. The van der Waals surface area contributed by atoms with Gasteiger partial charge >= 0.3 is 12.0 Å². The molecule has 2 amide bonds. The van der Waals surface area contributed by atoms with E-state index in [1.54, 1.807) is 0 Å². The number of carboxylic acid groups (broad SMARTS) is 1. The number of carbonyl (C=O) groups excluding carboxylic acids is 1. The second kappa shape index (κ2) is 8.29. The number of aryl methyl sites for hydroxylation is 1. The van der Waals surface area contributed by atoms with Crippen molar-refractivity contribution in [3.05, 3.63) is 29.8 Å². The van der Waals surface area contributed by atoms with Gasteiger partial charge in [0.15, 0.2) is 0 Å². The highest BCUT2D eigenvalue weighted by atomic mass is 16.4. The van der Waals surface area contributed by atoms with Crippen LogP contribution >= 0.6 is 0 Å². The quantitative estimate of drug-likeness (QED) is 0.721. The van der Waals surface area contributed by atoms with Crippen molar-refractivity contribution in [3.8, 4) is 0 Å². The summed E-state index contributed by atoms with van der Waals surface area (Å²) in [4.78, 5) is 22.7. The van der Waals surface area contributed by atoms with E-state index in [2.05, 4.69) is 17.6 Å². The summed E-state index contributed by atoms with van der Waals surface area (Å²) in [6.45, 7) is 5.88. The predicted octanol–water partition coefficient (Wildman–Crippen LogP) is 3.26. The number of rotatable bonds is 7. The van der Waals surface area contributed by atoms with Crippen molar-refractivity contribution in [3.63, 3.8) is 0 Å². The molecule has 0 fully saturated rings. The maximum atomic E-state index is 11.9. The molecule has 5 nitrogen and oxygen atoms in total. The Hall–Kier alpha value is -2.04. The smallest absolute Gasteiger partial charge is 0.319 e. The molecule has 1 atom stereocenters. The number of aliphatic carboxylic acids is 1. The number of benzene rings is 1. The highest BCUT2D eigenvalue weighted by molar-refractivity contribution is 5.89. The number of amides is 2. The second-order valence-corrected chi connectivity index (χ2v) is 5.49. The van der Waals surface area contributed by atoms with Crippen LogP contribution in [0.5, 0.6) is 0 Å². The third kappa shape index (κ3) is 6.29. The van der Waals surface area contributed by atoms with Crippen LogP contribution in [0.15, 0.2) is 24.3 Å². The minimum atomic E-state index is -0.919. The summed E-state index contributed by atoms with van der Waals surface area (Å²) in [6, 6.07) is 6.91. The largest absolute Gasteiger partial charge is 0.481 e. The van der Waals surface area contributed by atoms with Gasteiger partial charge in [0.25, 0.3) is 0 Å². The Bertz CT molecular complexity index is 469. The predicted molar refractivity (Wildman–Crippen MR) is 83.5 cm³/mol. The molecule has 1 unspecified atom stereocenters. The molecule has 0 spiro atoms. The van der Waals surface area contributed by atoms with Crippen molar-refractivity contribution in [1.82, 2.24) is 5.32 Å². The molecule has 116 valence electrons. The van der Waals surface area contributed by atoms with Crippen molar-refractivity contribution < 1.29 is 14.7 Å². The number of hydrogen-bond donors (Lipinski definition) is 3. The molecule has 1 rings (SSSR count). The van der Waals surface area contributed by atoms with Crippen LogP contribution in [0.3, 0.4) is 0 Å². The first-order valence-corrected chi connectivity index (χ1v) is 7.30. The van der Waals surface area contributed by atoms with Crippen LogP contribution in [0.4, 0.5) is 10.5 Å². The van der Waals surface area contributed by atoms with E-state index < -0.39 is 5.97 Å². The number of anilines is 1. The first-order chi connectivity index (χ1) is 9.92. The number of nitrogens with one attached hydrogen (secondary N) is 2. The number of urea groups is 1. The molecule has 0 saturated heterocycles. The molecule has 0 heterocycles. The van der Waals surface area contributed by atoms with Crippen LogP contribution in [0.2, 0.25) is 0 Å². The van der Waals surface area contributed by atoms with Gasteiger partial charge in [-0.2, -0.15) is 0 Å². The van der Waals surface area contributed by atoms with Crippen molar-refractivity contribution in [2.45, 2.75) is 46.1 Å². The van der Waals surface area contributed by atoms with E-state index in [-0.39, 0.29) is 24.4 Å². The van der Waals surface area contributed by atoms with E-state index >= 15 is 0 Å². The minimum Gasteiger partial charge on any atom is -0.481 e. The number of carboxylic acids is 1. The zero-order valence-corrected chi connectivity index (χ0v) is 12.8. The molecule has 21 heavy (non-hydrogen) atoms. The van der Waals surface area contributed by atoms with Crippen molar-refractivity contribution in [1.29, 1.82) is 0 Å². The molecule has 3 N–H and O–H groups in total. The fraction of sp³-hybridized carbons (Fsp3) is 0.500. The van der Waals surface area contributed by atoms with E-state index in [0.717, 1.165) is 12.8 Å². The van der Waals surface area contributed by atoms with Gasteiger partial charge in [0.1, 0.15) is 0 Å². The lowest BCUT2D eigenvalue weighted by molar-refractivity contribution is -0.137. The first kappa shape index (κ1) is 17.0. The van der Waals surface area contributed by atoms with Crippen molar-refractivity contribution in [2.75, 3.05) is 5.32 Å². The van der Waals surface area contributed by atoms with Crippen LogP contribution in [0.25, 0.3) is 0 Å². The normalized spacial score (nSPS) is 12.0. The Labute approximate surface area is 125 Å². The maximum absolute atomic E-state index is 11.9. The molecule has 0 saturated carbocycles. The topological polar surface area (TPSA) is 78.4 Å². The molecular weight excluding hydrogens is 268 g/mol. The van der Waals surface area contributed by atoms with E-state index in [1.807, 2.05) is 38.1 Å². The molecule has 0 bridgehead atoms. The number of carbonyl (C=O) groups is 2. The van der Waals surface area contributed by atoms with E-state index in [1.165, 1.54) is 5.56 Å². The van der Waals surface area contributed by atoms with Gasteiger partial charge < -0.3 is 15.7 Å². The average molecular weight is 292 g/mol. The SMILES string of the molecule is CCCc1ccc(NC(=O)NC(CC(=O)O)C(C)C)cc1. The van der Waals surface area contributed by atoms with Crippen LogP contribution in [-0.2, 0) is 11.2 Å². The summed E-state index contributed by atoms with van der Waals surface area (Å²) in [7, 11) is 0. The Morgan fingerprint density at radius 1 is 1.19 bits per heavy atom. The average Bonchev–Trinajstić information content (AvgIpc) is 2.40. The standard InChI is InChI=1S/C16H24N2O3/c1-4-5-12-6-8-13(9-7-12)17-16(21)18-14(11(2)3)10-15(19)20/h6-9,11,14H,4-5,10H2,1-3H3,(H,19,20)(H2,17,18,21). The molecule has 0 aliphatic rings. The van der Waals surface area contributed by atoms with E-state index in [4.69, 9.17) is 5.11 Å². The summed E-state index contributed by atoms with van der Waals surface area (Å²) in [6.07, 6.45) is 2.01. The fourth-order valence-corrected chi connectivity index (χ4v) is 2.02. The summed E-state index contributed by atoms with van der Waals surface area (Å²) in [5.41, 5.74) is 1.93. The third-order valence-electron chi connectivity index (χ3n) is 3.27. The summed E-state index contributed by atoms with van der Waals surface area (Å²) < 4.78 is 0. The van der Waals surface area contributed by atoms with Gasteiger partial charge in [-0.25, -0.2) is 4.79 Å². The van der Waals surface area contributed by atoms with Crippen LogP contribution in [0, 0.1) is 5.92 Å². The third-order valence-corrected chi connectivity index (χ3v) is 3.27. The summed E-state index contributed by atoms with van der Waals surface area (Å²) in [5.74, 6) is -0.864. The molecular formula is C16H24N2O3. The van der Waals surface area contributed by atoms with Crippen molar-refractivity contribution >= 4 is 17.7 Å². The highest BCUT2D eigenvalue weighted by Gasteiger charge is 2.19. The molecule has 0 aliphatic carbocycles. The fourth-order valence-electron chi connectivity index (χ4n) is 2.02. The molecule has 0 aliphatic heterocycles. The zero-order valence-electron chi connectivity index (χ0n) is 12.8. The summed E-state index contributed by atoms with van der Waals surface area (Å²) >= 11 is 0. The lowest BCUT2D eigenvalue weighted by Gasteiger charge is -2.20. The first-order valence-electron chi connectivity index (χ1n) is 7.30. The van der Waals surface area contributed by atoms with Crippen LogP contribution in [0.1, 0.15) is 39.2 Å². The van der Waals surface area contributed by atoms with Crippen LogP contribution in [-0.4, -0.2) is 23.1 Å². The Morgan fingerprint density at radius 3 is 2.29 bits per heavy atom. The lowest BCUT2D eigenvalue weighted by atomic mass is 10.0. The maximum Gasteiger partial charge on any atom is 0.319 e. The molecule has 1 aromatic rings. The zero-order chi connectivity index (χ0) is 15.8. The molecule has 5 heteroatoms. The van der Waals surface area contributed by atoms with E-state index in [9.17, 15) is 9.59 Å². The molecule has 0 aromatic heterocycles.